The molecule has 4 heterocycles. The molecule has 1 atom stereocenters. The number of aromatic nitrogens is 5. The summed E-state index contributed by atoms with van der Waals surface area (Å²) in [5.74, 6) is -0.199. The molecule has 4 aromatic rings. The molecule has 1 aliphatic rings. The minimum absolute atomic E-state index is 0.105. The summed E-state index contributed by atoms with van der Waals surface area (Å²) < 4.78 is 31.3. The Morgan fingerprint density at radius 3 is 2.86 bits per heavy atom. The second-order valence-corrected chi connectivity index (χ2v) is 7.05. The van der Waals surface area contributed by atoms with Gasteiger partial charge >= 0.3 is 0 Å². The van der Waals surface area contributed by atoms with Gasteiger partial charge in [-0.15, -0.1) is 0 Å². The highest BCUT2D eigenvalue weighted by Gasteiger charge is 2.30. The fraction of sp³-hybridized carbons (Fsp3) is 0.250. The summed E-state index contributed by atoms with van der Waals surface area (Å²) in [5, 5.41) is 17.8. The molecule has 0 aliphatic carbocycles. The van der Waals surface area contributed by atoms with E-state index in [1.54, 1.807) is 34.0 Å². The number of anilines is 1. The van der Waals surface area contributed by atoms with Crippen molar-refractivity contribution in [3.05, 3.63) is 71.8 Å². The largest absolute Gasteiger partial charge is 0.392 e. The number of hydrogen-bond acceptors (Lipinski definition) is 5. The van der Waals surface area contributed by atoms with Crippen molar-refractivity contribution in [2.75, 3.05) is 11.4 Å². The molecule has 5 rings (SSSR count). The van der Waals surface area contributed by atoms with E-state index in [0.29, 0.717) is 34.8 Å². The van der Waals surface area contributed by atoms with Gasteiger partial charge in [0.25, 0.3) is 0 Å². The van der Waals surface area contributed by atoms with Crippen molar-refractivity contribution in [3.63, 3.8) is 0 Å². The molecule has 29 heavy (non-hydrogen) atoms. The zero-order valence-corrected chi connectivity index (χ0v) is 15.4. The standard InChI is InChI=1S/C20H18F2N6O/c21-14-3-4-16(22)15(8-14)17-2-1-6-26(17)19-5-7-27-20(25-19)18(10-24-27)28-11-13(12-29)9-23-28/h3-5,7-11,17,29H,1-2,6,12H2/t17-/m1/s1. The predicted molar refractivity (Wildman–Crippen MR) is 102 cm³/mol. The predicted octanol–water partition coefficient (Wildman–Crippen LogP) is 3.03. The van der Waals surface area contributed by atoms with Crippen molar-refractivity contribution in [3.8, 4) is 5.69 Å². The van der Waals surface area contributed by atoms with Crippen LogP contribution in [0.4, 0.5) is 14.6 Å². The van der Waals surface area contributed by atoms with Gasteiger partial charge in [-0.3, -0.25) is 0 Å². The number of benzene rings is 1. The maximum absolute atomic E-state index is 14.4. The lowest BCUT2D eigenvalue weighted by atomic mass is 10.0. The SMILES string of the molecule is OCc1cnn(-c2cnn3ccc(N4CCC[C@@H]4c4cc(F)ccc4F)nc23)c1. The van der Waals surface area contributed by atoms with Crippen molar-refractivity contribution in [2.24, 2.45) is 0 Å². The van der Waals surface area contributed by atoms with E-state index in [0.717, 1.165) is 18.9 Å². The molecule has 0 unspecified atom stereocenters. The highest BCUT2D eigenvalue weighted by atomic mass is 19.1. The Morgan fingerprint density at radius 1 is 1.14 bits per heavy atom. The van der Waals surface area contributed by atoms with Crippen LogP contribution in [0.2, 0.25) is 0 Å². The third kappa shape index (κ3) is 3.03. The quantitative estimate of drug-likeness (QED) is 0.574. The molecule has 0 amide bonds. The normalized spacial score (nSPS) is 16.8. The lowest BCUT2D eigenvalue weighted by molar-refractivity contribution is 0.282. The summed E-state index contributed by atoms with van der Waals surface area (Å²) in [6, 6.07) is 5.11. The van der Waals surface area contributed by atoms with Crippen LogP contribution in [0.3, 0.4) is 0 Å². The minimum atomic E-state index is -0.451. The second-order valence-electron chi connectivity index (χ2n) is 7.05. The van der Waals surface area contributed by atoms with Crippen molar-refractivity contribution in [1.82, 2.24) is 24.4 Å². The first-order chi connectivity index (χ1) is 14.1. The van der Waals surface area contributed by atoms with Crippen molar-refractivity contribution in [2.45, 2.75) is 25.5 Å². The molecule has 0 spiro atoms. The molecule has 1 aromatic carbocycles. The molecule has 148 valence electrons. The number of fused-ring (bicyclic) bond motifs is 1. The molecule has 1 N–H and O–H groups in total. The van der Waals surface area contributed by atoms with Gasteiger partial charge in [-0.1, -0.05) is 0 Å². The van der Waals surface area contributed by atoms with Crippen LogP contribution in [-0.4, -0.2) is 36.0 Å². The van der Waals surface area contributed by atoms with Gasteiger partial charge in [0.1, 0.15) is 23.1 Å². The maximum Gasteiger partial charge on any atom is 0.183 e. The Labute approximate surface area is 164 Å². The average Bonchev–Trinajstić information content (AvgIpc) is 3.47. The van der Waals surface area contributed by atoms with Crippen LogP contribution in [0.15, 0.2) is 49.1 Å². The van der Waals surface area contributed by atoms with Crippen LogP contribution in [0, 0.1) is 11.6 Å². The van der Waals surface area contributed by atoms with Gasteiger partial charge < -0.3 is 10.0 Å². The number of nitrogens with zero attached hydrogens (tertiary/aromatic N) is 6. The van der Waals surface area contributed by atoms with Gasteiger partial charge in [0, 0.05) is 30.1 Å². The van der Waals surface area contributed by atoms with Gasteiger partial charge in [-0.05, 0) is 37.1 Å². The fourth-order valence-electron chi connectivity index (χ4n) is 3.88. The Hall–Kier alpha value is -3.33. The lowest BCUT2D eigenvalue weighted by Gasteiger charge is -2.26. The number of rotatable bonds is 4. The van der Waals surface area contributed by atoms with Crippen LogP contribution >= 0.6 is 0 Å². The van der Waals surface area contributed by atoms with Crippen LogP contribution in [0.1, 0.15) is 30.0 Å². The summed E-state index contributed by atoms with van der Waals surface area (Å²) >= 11 is 0. The zero-order valence-electron chi connectivity index (χ0n) is 15.4. The van der Waals surface area contributed by atoms with Gasteiger partial charge in [0.05, 0.1) is 25.0 Å². The number of aliphatic hydroxyl groups is 1. The maximum atomic E-state index is 14.4. The van der Waals surface area contributed by atoms with E-state index >= 15 is 0 Å². The molecule has 1 aliphatic heterocycles. The van der Waals surface area contributed by atoms with E-state index in [9.17, 15) is 13.9 Å². The molecule has 9 heteroatoms. The van der Waals surface area contributed by atoms with E-state index in [2.05, 4.69) is 10.2 Å². The average molecular weight is 396 g/mol. The zero-order chi connectivity index (χ0) is 20.0. The van der Waals surface area contributed by atoms with Gasteiger partial charge in [-0.2, -0.15) is 10.2 Å². The van der Waals surface area contributed by atoms with Crippen molar-refractivity contribution < 1.29 is 13.9 Å². The second kappa shape index (κ2) is 6.93. The first kappa shape index (κ1) is 17.7. The van der Waals surface area contributed by atoms with Crippen LogP contribution in [0.5, 0.6) is 0 Å². The summed E-state index contributed by atoms with van der Waals surface area (Å²) in [6.07, 6.45) is 8.31. The molecule has 0 saturated carbocycles. The van der Waals surface area contributed by atoms with Gasteiger partial charge in [0.15, 0.2) is 5.65 Å². The Bertz CT molecular complexity index is 1190. The molecule has 7 nitrogen and oxygen atoms in total. The van der Waals surface area contributed by atoms with Crippen LogP contribution in [0.25, 0.3) is 11.3 Å². The summed E-state index contributed by atoms with van der Waals surface area (Å²) in [5.41, 5.74) is 2.28. The number of halogens is 2. The Kier molecular flexibility index (Phi) is 4.24. The summed E-state index contributed by atoms with van der Waals surface area (Å²) in [4.78, 5) is 6.74. The smallest absolute Gasteiger partial charge is 0.183 e. The summed E-state index contributed by atoms with van der Waals surface area (Å²) in [6.45, 7) is 0.593. The monoisotopic (exact) mass is 396 g/mol. The molecule has 1 fully saturated rings. The van der Waals surface area contributed by atoms with E-state index in [-0.39, 0.29) is 12.6 Å². The molecular weight excluding hydrogens is 378 g/mol. The number of aliphatic hydroxyl groups excluding tert-OH is 1. The van der Waals surface area contributed by atoms with Crippen LogP contribution < -0.4 is 4.90 Å². The molecule has 0 bridgehead atoms. The van der Waals surface area contributed by atoms with E-state index < -0.39 is 11.6 Å². The highest BCUT2D eigenvalue weighted by Crippen LogP contribution is 2.37. The fourth-order valence-corrected chi connectivity index (χ4v) is 3.88. The minimum Gasteiger partial charge on any atom is -0.392 e. The van der Waals surface area contributed by atoms with Gasteiger partial charge in [0.2, 0.25) is 0 Å². The lowest BCUT2D eigenvalue weighted by Crippen LogP contribution is -2.24. The molecule has 1 saturated heterocycles. The van der Waals surface area contributed by atoms with E-state index in [4.69, 9.17) is 4.98 Å². The first-order valence-electron chi connectivity index (χ1n) is 9.35. The summed E-state index contributed by atoms with van der Waals surface area (Å²) in [7, 11) is 0. The Balaban J connectivity index is 1.56. The molecular formula is C20H18F2N6O. The van der Waals surface area contributed by atoms with E-state index in [1.165, 1.54) is 12.1 Å². The molecule has 3 aromatic heterocycles. The topological polar surface area (TPSA) is 71.5 Å². The highest BCUT2D eigenvalue weighted by molar-refractivity contribution is 5.61. The first-order valence-corrected chi connectivity index (χ1v) is 9.35. The van der Waals surface area contributed by atoms with Crippen LogP contribution in [-0.2, 0) is 6.61 Å². The van der Waals surface area contributed by atoms with Gasteiger partial charge in [-0.25, -0.2) is 23.0 Å². The van der Waals surface area contributed by atoms with Crippen molar-refractivity contribution in [1.29, 1.82) is 0 Å². The van der Waals surface area contributed by atoms with Crippen molar-refractivity contribution >= 4 is 11.5 Å². The third-order valence-corrected chi connectivity index (χ3v) is 5.27. The third-order valence-electron chi connectivity index (χ3n) is 5.27. The molecule has 0 radical (unpaired) electrons. The Morgan fingerprint density at radius 2 is 2.03 bits per heavy atom. The number of hydrogen-bond donors (Lipinski definition) is 1. The van der Waals surface area contributed by atoms with E-state index in [1.807, 2.05) is 11.0 Å².